The second-order valence-corrected chi connectivity index (χ2v) is 8.04. The average molecular weight is 411 g/mol. The molecule has 0 aromatic heterocycles. The van der Waals surface area contributed by atoms with E-state index in [-0.39, 0.29) is 23.7 Å². The van der Waals surface area contributed by atoms with Gasteiger partial charge in [0, 0.05) is 42.7 Å². The van der Waals surface area contributed by atoms with Crippen LogP contribution in [-0.2, 0) is 4.79 Å². The number of amides is 2. The highest BCUT2D eigenvalue weighted by atomic mass is 16.5. The van der Waals surface area contributed by atoms with Crippen LogP contribution in [0, 0.1) is 11.8 Å². The first-order chi connectivity index (χ1) is 14.4. The molecule has 30 heavy (non-hydrogen) atoms. The third-order valence-electron chi connectivity index (χ3n) is 5.49. The molecular formula is C24H30N2O4. The molecule has 1 aliphatic heterocycles. The Kier molecular flexibility index (Phi) is 6.98. The number of nitrogens with one attached hydrogen (secondary N) is 1. The van der Waals surface area contributed by atoms with Gasteiger partial charge in [0.1, 0.15) is 11.5 Å². The highest BCUT2D eigenvalue weighted by Crippen LogP contribution is 2.39. The van der Waals surface area contributed by atoms with E-state index < -0.39 is 0 Å². The van der Waals surface area contributed by atoms with Crippen LogP contribution in [0.5, 0.6) is 11.5 Å². The fourth-order valence-corrected chi connectivity index (χ4v) is 3.87. The lowest BCUT2D eigenvalue weighted by molar-refractivity contribution is -0.125. The number of benzene rings is 2. The van der Waals surface area contributed by atoms with Crippen LogP contribution in [0.3, 0.4) is 0 Å². The van der Waals surface area contributed by atoms with Crippen molar-refractivity contribution < 1.29 is 19.1 Å². The molecule has 0 aliphatic carbocycles. The summed E-state index contributed by atoms with van der Waals surface area (Å²) >= 11 is 0. The standard InChI is InChI=1S/C24H30N2O4/c1-16(2)13-25-23(27)21-15-26(24(28)17-8-6-5-7-9-17)14-20(21)19-11-10-18(29-3)12-22(19)30-4/h5-12,16,20-21H,13-15H2,1-4H3,(H,25,27)/t20-,21+/m0/s1. The van der Waals surface area contributed by atoms with E-state index in [2.05, 4.69) is 19.2 Å². The SMILES string of the molecule is COc1ccc([C@@H]2CN(C(=O)c3ccccc3)C[C@H]2C(=O)NCC(C)C)c(OC)c1. The molecule has 0 spiro atoms. The van der Waals surface area contributed by atoms with Gasteiger partial charge in [0.25, 0.3) is 5.91 Å². The van der Waals surface area contributed by atoms with Crippen molar-refractivity contribution in [1.29, 1.82) is 0 Å². The number of carbonyl (C=O) groups is 2. The van der Waals surface area contributed by atoms with Crippen molar-refractivity contribution in [3.8, 4) is 11.5 Å². The largest absolute Gasteiger partial charge is 0.497 e. The number of carbonyl (C=O) groups excluding carboxylic acids is 2. The van der Waals surface area contributed by atoms with Gasteiger partial charge >= 0.3 is 0 Å². The third kappa shape index (κ3) is 4.75. The van der Waals surface area contributed by atoms with Crippen LogP contribution in [0.15, 0.2) is 48.5 Å². The lowest BCUT2D eigenvalue weighted by Gasteiger charge is -2.21. The monoisotopic (exact) mass is 410 g/mol. The molecule has 2 amide bonds. The normalized spacial score (nSPS) is 18.4. The molecule has 0 saturated carbocycles. The Labute approximate surface area is 178 Å². The quantitative estimate of drug-likeness (QED) is 0.760. The third-order valence-corrected chi connectivity index (χ3v) is 5.49. The lowest BCUT2D eigenvalue weighted by Crippen LogP contribution is -2.37. The van der Waals surface area contributed by atoms with E-state index in [1.54, 1.807) is 31.3 Å². The summed E-state index contributed by atoms with van der Waals surface area (Å²) in [5.74, 6) is 1.10. The summed E-state index contributed by atoms with van der Waals surface area (Å²) < 4.78 is 10.9. The number of rotatable bonds is 7. The summed E-state index contributed by atoms with van der Waals surface area (Å²) in [5, 5.41) is 3.04. The van der Waals surface area contributed by atoms with E-state index in [0.29, 0.717) is 42.6 Å². The van der Waals surface area contributed by atoms with Crippen molar-refractivity contribution in [2.45, 2.75) is 19.8 Å². The van der Waals surface area contributed by atoms with Crippen LogP contribution >= 0.6 is 0 Å². The van der Waals surface area contributed by atoms with E-state index in [1.165, 1.54) is 0 Å². The Morgan fingerprint density at radius 2 is 1.80 bits per heavy atom. The van der Waals surface area contributed by atoms with Gasteiger partial charge in [-0.2, -0.15) is 0 Å². The fourth-order valence-electron chi connectivity index (χ4n) is 3.87. The summed E-state index contributed by atoms with van der Waals surface area (Å²) in [5.41, 5.74) is 1.53. The summed E-state index contributed by atoms with van der Waals surface area (Å²) in [7, 11) is 3.21. The van der Waals surface area contributed by atoms with Gasteiger partial charge in [0.05, 0.1) is 20.1 Å². The van der Waals surface area contributed by atoms with Gasteiger partial charge in [0.2, 0.25) is 5.91 Å². The Morgan fingerprint density at radius 1 is 1.07 bits per heavy atom. The average Bonchev–Trinajstić information content (AvgIpc) is 3.22. The van der Waals surface area contributed by atoms with E-state index in [4.69, 9.17) is 9.47 Å². The van der Waals surface area contributed by atoms with Gasteiger partial charge in [0.15, 0.2) is 0 Å². The van der Waals surface area contributed by atoms with Crippen LogP contribution in [-0.4, -0.2) is 50.6 Å². The van der Waals surface area contributed by atoms with Crippen molar-refractivity contribution in [2.75, 3.05) is 33.9 Å². The maximum atomic E-state index is 13.1. The smallest absolute Gasteiger partial charge is 0.253 e. The topological polar surface area (TPSA) is 67.9 Å². The molecule has 6 heteroatoms. The van der Waals surface area contributed by atoms with Gasteiger partial charge in [-0.15, -0.1) is 0 Å². The molecule has 6 nitrogen and oxygen atoms in total. The van der Waals surface area contributed by atoms with Crippen LogP contribution in [0.2, 0.25) is 0 Å². The van der Waals surface area contributed by atoms with Crippen molar-refractivity contribution in [1.82, 2.24) is 10.2 Å². The van der Waals surface area contributed by atoms with Gasteiger partial charge in [-0.3, -0.25) is 9.59 Å². The zero-order valence-corrected chi connectivity index (χ0v) is 18.1. The van der Waals surface area contributed by atoms with E-state index in [1.807, 2.05) is 36.4 Å². The summed E-state index contributed by atoms with van der Waals surface area (Å²) in [4.78, 5) is 27.9. The van der Waals surface area contributed by atoms with Crippen LogP contribution < -0.4 is 14.8 Å². The van der Waals surface area contributed by atoms with Crippen molar-refractivity contribution in [2.24, 2.45) is 11.8 Å². The zero-order chi connectivity index (χ0) is 21.7. The van der Waals surface area contributed by atoms with Crippen LogP contribution in [0.1, 0.15) is 35.7 Å². The molecule has 2 aromatic rings. The first kappa shape index (κ1) is 21.7. The molecule has 0 bridgehead atoms. The second kappa shape index (κ2) is 9.65. The first-order valence-electron chi connectivity index (χ1n) is 10.3. The van der Waals surface area contributed by atoms with E-state index in [9.17, 15) is 9.59 Å². The first-order valence-corrected chi connectivity index (χ1v) is 10.3. The molecule has 1 saturated heterocycles. The van der Waals surface area contributed by atoms with Crippen molar-refractivity contribution in [3.05, 3.63) is 59.7 Å². The maximum Gasteiger partial charge on any atom is 0.253 e. The van der Waals surface area contributed by atoms with Crippen LogP contribution in [0.4, 0.5) is 0 Å². The molecule has 160 valence electrons. The van der Waals surface area contributed by atoms with Crippen molar-refractivity contribution >= 4 is 11.8 Å². The van der Waals surface area contributed by atoms with Crippen molar-refractivity contribution in [3.63, 3.8) is 0 Å². The predicted octanol–water partition coefficient (Wildman–Crippen LogP) is 3.33. The molecule has 2 atom stereocenters. The Hall–Kier alpha value is -3.02. The molecule has 2 aromatic carbocycles. The molecule has 1 N–H and O–H groups in total. The number of ether oxygens (including phenoxy) is 2. The molecule has 3 rings (SSSR count). The number of methoxy groups -OCH3 is 2. The van der Waals surface area contributed by atoms with Gasteiger partial charge in [-0.1, -0.05) is 38.1 Å². The molecule has 1 fully saturated rings. The molecular weight excluding hydrogens is 380 g/mol. The number of nitrogens with zero attached hydrogens (tertiary/aromatic N) is 1. The molecule has 0 unspecified atom stereocenters. The maximum absolute atomic E-state index is 13.1. The highest BCUT2D eigenvalue weighted by Gasteiger charge is 2.41. The Bertz CT molecular complexity index is 882. The summed E-state index contributed by atoms with van der Waals surface area (Å²) in [6, 6.07) is 14.8. The summed E-state index contributed by atoms with van der Waals surface area (Å²) in [6.07, 6.45) is 0. The molecule has 0 radical (unpaired) electrons. The Balaban J connectivity index is 1.91. The Morgan fingerprint density at radius 3 is 2.43 bits per heavy atom. The second-order valence-electron chi connectivity index (χ2n) is 8.04. The van der Waals surface area contributed by atoms with Gasteiger partial charge in [-0.05, 0) is 24.1 Å². The minimum absolute atomic E-state index is 0.0325. The predicted molar refractivity (Wildman–Crippen MR) is 116 cm³/mol. The lowest BCUT2D eigenvalue weighted by atomic mass is 9.87. The number of hydrogen-bond donors (Lipinski definition) is 1. The number of likely N-dealkylation sites (tertiary alicyclic amines) is 1. The van der Waals surface area contributed by atoms with E-state index >= 15 is 0 Å². The van der Waals surface area contributed by atoms with Gasteiger partial charge in [-0.25, -0.2) is 0 Å². The van der Waals surface area contributed by atoms with Gasteiger partial charge < -0.3 is 19.7 Å². The summed E-state index contributed by atoms with van der Waals surface area (Å²) in [6.45, 7) is 5.55. The zero-order valence-electron chi connectivity index (χ0n) is 18.1. The molecule has 1 heterocycles. The number of hydrogen-bond acceptors (Lipinski definition) is 4. The fraction of sp³-hybridized carbons (Fsp3) is 0.417. The van der Waals surface area contributed by atoms with E-state index in [0.717, 1.165) is 5.56 Å². The minimum atomic E-state index is -0.348. The minimum Gasteiger partial charge on any atom is -0.497 e. The molecule has 1 aliphatic rings. The van der Waals surface area contributed by atoms with Crippen LogP contribution in [0.25, 0.3) is 0 Å². The highest BCUT2D eigenvalue weighted by molar-refractivity contribution is 5.95.